The molecule has 0 saturated heterocycles. The number of carbonyl (C=O) groups excluding carboxylic acids is 2. The number of ether oxygens (including phenoxy) is 1. The summed E-state index contributed by atoms with van der Waals surface area (Å²) in [6.45, 7) is 1.81. The number of carbonyl (C=O) groups is 2. The third kappa shape index (κ3) is 5.19. The number of methoxy groups -OCH3 is 1. The number of anilines is 1. The lowest BCUT2D eigenvalue weighted by molar-refractivity contribution is -0.126. The van der Waals surface area contributed by atoms with E-state index in [4.69, 9.17) is 16.3 Å². The van der Waals surface area contributed by atoms with Crippen LogP contribution < -0.4 is 15.4 Å². The minimum atomic E-state index is -0.509. The van der Waals surface area contributed by atoms with Crippen molar-refractivity contribution >= 4 is 29.1 Å². The van der Waals surface area contributed by atoms with E-state index in [0.29, 0.717) is 22.0 Å². The fraction of sp³-hybridized carbons (Fsp3) is 0.222. The number of nitrogens with one attached hydrogen (secondary N) is 2. The van der Waals surface area contributed by atoms with Crippen molar-refractivity contribution in [1.29, 1.82) is 0 Å². The topological polar surface area (TPSA) is 67.4 Å². The molecule has 2 rings (SSSR count). The number of benzene rings is 2. The number of aryl methyl sites for hydroxylation is 1. The SMILES string of the molecule is COc1cc(Cl)c(C)cc1NC(=O)CC(=O)NCc1ccccc1F. The predicted molar refractivity (Wildman–Crippen MR) is 94.2 cm³/mol. The fourth-order valence-corrected chi connectivity index (χ4v) is 2.32. The molecule has 0 saturated carbocycles. The summed E-state index contributed by atoms with van der Waals surface area (Å²) in [4.78, 5) is 23.9. The molecule has 0 unspecified atom stereocenters. The van der Waals surface area contributed by atoms with Crippen LogP contribution in [-0.4, -0.2) is 18.9 Å². The number of halogens is 2. The molecular weight excluding hydrogens is 347 g/mol. The van der Waals surface area contributed by atoms with Crippen molar-refractivity contribution in [2.45, 2.75) is 19.9 Å². The summed E-state index contributed by atoms with van der Waals surface area (Å²) >= 11 is 6.01. The van der Waals surface area contributed by atoms with Crippen molar-refractivity contribution in [3.8, 4) is 5.75 Å². The Bertz CT molecular complexity index is 796. The van der Waals surface area contributed by atoms with E-state index in [-0.39, 0.29) is 13.0 Å². The van der Waals surface area contributed by atoms with Gasteiger partial charge in [0.2, 0.25) is 11.8 Å². The minimum Gasteiger partial charge on any atom is -0.495 e. The molecule has 0 spiro atoms. The number of rotatable bonds is 6. The van der Waals surface area contributed by atoms with Crippen LogP contribution in [-0.2, 0) is 16.1 Å². The molecule has 0 aliphatic carbocycles. The quantitative estimate of drug-likeness (QED) is 0.771. The second kappa shape index (κ2) is 8.48. The van der Waals surface area contributed by atoms with Crippen molar-refractivity contribution in [2.75, 3.05) is 12.4 Å². The van der Waals surface area contributed by atoms with Crippen LogP contribution in [0.3, 0.4) is 0 Å². The van der Waals surface area contributed by atoms with Crippen molar-refractivity contribution in [3.63, 3.8) is 0 Å². The number of hydrogen-bond donors (Lipinski definition) is 2. The minimum absolute atomic E-state index is 0.0160. The summed E-state index contributed by atoms with van der Waals surface area (Å²) in [7, 11) is 1.46. The molecule has 0 bridgehead atoms. The van der Waals surface area contributed by atoms with Gasteiger partial charge in [-0.3, -0.25) is 9.59 Å². The van der Waals surface area contributed by atoms with Gasteiger partial charge in [0, 0.05) is 23.2 Å². The normalized spacial score (nSPS) is 10.2. The average Bonchev–Trinajstić information content (AvgIpc) is 2.57. The molecule has 25 heavy (non-hydrogen) atoms. The molecule has 0 fully saturated rings. The largest absolute Gasteiger partial charge is 0.495 e. The molecule has 0 aliphatic heterocycles. The van der Waals surface area contributed by atoms with Crippen LogP contribution in [0.4, 0.5) is 10.1 Å². The van der Waals surface area contributed by atoms with Gasteiger partial charge in [0.1, 0.15) is 18.0 Å². The van der Waals surface area contributed by atoms with Gasteiger partial charge in [-0.2, -0.15) is 0 Å². The second-order valence-corrected chi connectivity index (χ2v) is 5.80. The van der Waals surface area contributed by atoms with Crippen LogP contribution in [0.2, 0.25) is 5.02 Å². The van der Waals surface area contributed by atoms with Gasteiger partial charge < -0.3 is 15.4 Å². The summed E-state index contributed by atoms with van der Waals surface area (Å²) in [5.74, 6) is -1.03. The maximum absolute atomic E-state index is 13.5. The highest BCUT2D eigenvalue weighted by Gasteiger charge is 2.14. The molecular formula is C18H18ClFN2O3. The average molecular weight is 365 g/mol. The monoisotopic (exact) mass is 364 g/mol. The van der Waals surface area contributed by atoms with Crippen molar-refractivity contribution in [3.05, 3.63) is 58.4 Å². The van der Waals surface area contributed by atoms with E-state index in [1.54, 1.807) is 37.3 Å². The molecule has 2 N–H and O–H groups in total. The molecule has 2 amide bonds. The Kier molecular flexibility index (Phi) is 6.36. The Morgan fingerprint density at radius 2 is 1.92 bits per heavy atom. The van der Waals surface area contributed by atoms with Gasteiger partial charge in [0.25, 0.3) is 0 Å². The van der Waals surface area contributed by atoms with Gasteiger partial charge in [0.15, 0.2) is 0 Å². The van der Waals surface area contributed by atoms with Crippen molar-refractivity contribution in [1.82, 2.24) is 5.32 Å². The first kappa shape index (κ1) is 18.7. The molecule has 2 aromatic carbocycles. The smallest absolute Gasteiger partial charge is 0.233 e. The van der Waals surface area contributed by atoms with E-state index in [9.17, 15) is 14.0 Å². The summed E-state index contributed by atoms with van der Waals surface area (Å²) in [6, 6.07) is 9.36. The molecule has 0 aromatic heterocycles. The zero-order valence-corrected chi connectivity index (χ0v) is 14.6. The van der Waals surface area contributed by atoms with Gasteiger partial charge >= 0.3 is 0 Å². The van der Waals surface area contributed by atoms with Crippen LogP contribution in [0.5, 0.6) is 5.75 Å². The van der Waals surface area contributed by atoms with Crippen LogP contribution >= 0.6 is 11.6 Å². The van der Waals surface area contributed by atoms with Crippen LogP contribution in [0.25, 0.3) is 0 Å². The molecule has 0 aliphatic rings. The van der Waals surface area contributed by atoms with Gasteiger partial charge in [-0.05, 0) is 24.6 Å². The Balaban J connectivity index is 1.93. The molecule has 0 heterocycles. The van der Waals surface area contributed by atoms with Gasteiger partial charge in [-0.25, -0.2) is 4.39 Å². The molecule has 2 aromatic rings. The Morgan fingerprint density at radius 1 is 1.20 bits per heavy atom. The lowest BCUT2D eigenvalue weighted by Gasteiger charge is -2.12. The Hall–Kier alpha value is -2.60. The maximum Gasteiger partial charge on any atom is 0.233 e. The van der Waals surface area contributed by atoms with Crippen molar-refractivity contribution < 1.29 is 18.7 Å². The second-order valence-electron chi connectivity index (χ2n) is 5.39. The highest BCUT2D eigenvalue weighted by Crippen LogP contribution is 2.30. The summed E-state index contributed by atoms with van der Waals surface area (Å²) in [6.07, 6.45) is -0.390. The zero-order valence-electron chi connectivity index (χ0n) is 13.9. The van der Waals surface area contributed by atoms with E-state index in [0.717, 1.165) is 5.56 Å². The maximum atomic E-state index is 13.5. The molecule has 5 nitrogen and oxygen atoms in total. The first-order valence-electron chi connectivity index (χ1n) is 7.54. The number of hydrogen-bond acceptors (Lipinski definition) is 3. The van der Waals surface area contributed by atoms with Gasteiger partial charge in [-0.15, -0.1) is 0 Å². The first-order chi connectivity index (χ1) is 11.9. The Morgan fingerprint density at radius 3 is 2.60 bits per heavy atom. The highest BCUT2D eigenvalue weighted by atomic mass is 35.5. The molecule has 0 radical (unpaired) electrons. The van der Waals surface area contributed by atoms with Gasteiger partial charge in [0.05, 0.1) is 12.8 Å². The predicted octanol–water partition coefficient (Wildman–Crippen LogP) is 3.44. The standard InChI is InChI=1S/C18H18ClFN2O3/c1-11-7-15(16(25-2)8-13(11)19)22-18(24)9-17(23)21-10-12-5-3-4-6-14(12)20/h3-8H,9-10H2,1-2H3,(H,21,23)(H,22,24). The number of amides is 2. The highest BCUT2D eigenvalue weighted by molar-refractivity contribution is 6.31. The third-order valence-electron chi connectivity index (χ3n) is 3.51. The van der Waals surface area contributed by atoms with E-state index < -0.39 is 17.6 Å². The van der Waals surface area contributed by atoms with Crippen LogP contribution in [0.15, 0.2) is 36.4 Å². The summed E-state index contributed by atoms with van der Waals surface area (Å²) < 4.78 is 18.7. The Labute approximate surface area is 150 Å². The van der Waals surface area contributed by atoms with E-state index in [1.165, 1.54) is 13.2 Å². The fourth-order valence-electron chi connectivity index (χ4n) is 2.17. The van der Waals surface area contributed by atoms with Crippen molar-refractivity contribution in [2.24, 2.45) is 0 Å². The van der Waals surface area contributed by atoms with E-state index in [1.807, 2.05) is 0 Å². The van der Waals surface area contributed by atoms with E-state index in [2.05, 4.69) is 10.6 Å². The molecule has 0 atom stereocenters. The summed E-state index contributed by atoms with van der Waals surface area (Å²) in [5, 5.41) is 5.64. The van der Waals surface area contributed by atoms with Crippen LogP contribution in [0, 0.1) is 12.7 Å². The lowest BCUT2D eigenvalue weighted by atomic mass is 10.2. The first-order valence-corrected chi connectivity index (χ1v) is 7.92. The molecule has 7 heteroatoms. The third-order valence-corrected chi connectivity index (χ3v) is 3.92. The molecule has 132 valence electrons. The summed E-state index contributed by atoms with van der Waals surface area (Å²) in [5.41, 5.74) is 1.55. The lowest BCUT2D eigenvalue weighted by Crippen LogP contribution is -2.28. The zero-order chi connectivity index (χ0) is 18.4. The van der Waals surface area contributed by atoms with E-state index >= 15 is 0 Å². The van der Waals surface area contributed by atoms with Gasteiger partial charge in [-0.1, -0.05) is 29.8 Å². The van der Waals surface area contributed by atoms with Crippen LogP contribution in [0.1, 0.15) is 17.5 Å².